The van der Waals surface area contributed by atoms with Gasteiger partial charge in [-0.1, -0.05) is 30.3 Å². The first-order valence-electron chi connectivity index (χ1n) is 11.7. The first-order valence-corrected chi connectivity index (χ1v) is 11.7. The third-order valence-electron chi connectivity index (χ3n) is 6.55. The molecule has 12 heteroatoms. The Morgan fingerprint density at radius 1 is 1.03 bits per heavy atom. The highest BCUT2D eigenvalue weighted by molar-refractivity contribution is 6.41. The highest BCUT2D eigenvalue weighted by atomic mass is 19.4. The molecule has 0 bridgehead atoms. The van der Waals surface area contributed by atoms with E-state index in [2.05, 4.69) is 58.0 Å². The zero-order valence-electron chi connectivity index (χ0n) is 19.6. The van der Waals surface area contributed by atoms with Crippen LogP contribution in [0.1, 0.15) is 29.0 Å². The molecule has 0 aromatic heterocycles. The topological polar surface area (TPSA) is 70.7 Å². The van der Waals surface area contributed by atoms with Gasteiger partial charge in [-0.2, -0.15) is 26.3 Å². The lowest BCUT2D eigenvalue weighted by Gasteiger charge is -2.33. The molecule has 1 saturated heterocycles. The maximum Gasteiger partial charge on any atom is 0.458 e. The van der Waals surface area contributed by atoms with Crippen LogP contribution in [0.5, 0.6) is 0 Å². The fraction of sp³-hybridized carbons (Fsp3) is 0.440. The second-order valence-electron chi connectivity index (χ2n) is 8.98. The Hall–Kier alpha value is -3.12. The number of anilines is 2. The molecule has 2 atom stereocenters. The van der Waals surface area contributed by atoms with Gasteiger partial charge in [-0.15, -0.1) is 0 Å². The number of hydrogen-bond donors (Lipinski definition) is 2. The number of ether oxygens (including phenoxy) is 1. The van der Waals surface area contributed by atoms with Gasteiger partial charge in [0, 0.05) is 48.5 Å². The molecular formula is C25H25F6N3O3. The number of rotatable bonds is 4. The van der Waals surface area contributed by atoms with Gasteiger partial charge in [0.25, 0.3) is 0 Å². The van der Waals surface area contributed by atoms with Crippen LogP contribution in [0.2, 0.25) is 0 Å². The summed E-state index contributed by atoms with van der Waals surface area (Å²) < 4.78 is 72.8. The third kappa shape index (κ3) is 6.07. The molecule has 0 spiro atoms. The van der Waals surface area contributed by atoms with E-state index in [1.807, 2.05) is 0 Å². The van der Waals surface area contributed by atoms with Crippen molar-refractivity contribution in [2.24, 2.45) is 0 Å². The van der Waals surface area contributed by atoms with Gasteiger partial charge in [-0.05, 0) is 36.2 Å². The van der Waals surface area contributed by atoms with E-state index in [1.54, 1.807) is 0 Å². The van der Waals surface area contributed by atoms with E-state index in [4.69, 9.17) is 4.74 Å². The number of hydrogen-bond acceptors (Lipinski definition) is 6. The molecule has 6 nitrogen and oxygen atoms in total. The maximum absolute atomic E-state index is 11.2. The Bertz CT molecular complexity index is 1110. The Labute approximate surface area is 209 Å². The average Bonchev–Trinajstić information content (AvgIpc) is 3.02. The smallest absolute Gasteiger partial charge is 0.381 e. The molecule has 2 aromatic rings. The molecule has 3 heterocycles. The number of carbonyl (C=O) groups is 2. The van der Waals surface area contributed by atoms with Gasteiger partial charge >= 0.3 is 23.9 Å². The number of carbonyl (C=O) groups excluding carboxylic acids is 2. The van der Waals surface area contributed by atoms with Crippen LogP contribution in [0.15, 0.2) is 42.5 Å². The summed E-state index contributed by atoms with van der Waals surface area (Å²) in [5.41, 5.74) is 6.84. The summed E-state index contributed by atoms with van der Waals surface area (Å²) in [5.74, 6) is -6.20. The van der Waals surface area contributed by atoms with E-state index >= 15 is 0 Å². The van der Waals surface area contributed by atoms with Crippen molar-refractivity contribution in [3.63, 3.8) is 0 Å². The summed E-state index contributed by atoms with van der Waals surface area (Å²) in [6.07, 6.45) is -10.3. The summed E-state index contributed by atoms with van der Waals surface area (Å²) in [6, 6.07) is 15.9. The van der Waals surface area contributed by atoms with Gasteiger partial charge < -0.3 is 20.3 Å². The van der Waals surface area contributed by atoms with Crippen LogP contribution < -0.4 is 15.5 Å². The molecule has 0 radical (unpaired) electrons. The Morgan fingerprint density at radius 2 is 1.70 bits per heavy atom. The highest BCUT2D eigenvalue weighted by Gasteiger charge is 2.54. The van der Waals surface area contributed by atoms with Crippen molar-refractivity contribution in [1.82, 2.24) is 5.32 Å². The summed E-state index contributed by atoms with van der Waals surface area (Å²) in [6.45, 7) is 5.66. The zero-order chi connectivity index (χ0) is 26.8. The van der Waals surface area contributed by atoms with Crippen molar-refractivity contribution in [3.8, 4) is 0 Å². The zero-order valence-corrected chi connectivity index (χ0v) is 19.6. The van der Waals surface area contributed by atoms with E-state index in [1.165, 1.54) is 34.5 Å². The summed E-state index contributed by atoms with van der Waals surface area (Å²) >= 11 is 0. The van der Waals surface area contributed by atoms with Crippen LogP contribution in [-0.2, 0) is 27.5 Å². The molecule has 200 valence electrons. The number of Topliss-reactive ketones (excluding diaryl/α,β-unsaturated/α-hetero) is 2. The quantitative estimate of drug-likeness (QED) is 0.454. The third-order valence-corrected chi connectivity index (χ3v) is 6.55. The molecule has 3 aliphatic rings. The predicted octanol–water partition coefficient (Wildman–Crippen LogP) is 4.34. The van der Waals surface area contributed by atoms with E-state index in [9.17, 15) is 35.9 Å². The summed E-state index contributed by atoms with van der Waals surface area (Å²) in [4.78, 5) is 21.9. The van der Waals surface area contributed by atoms with Crippen molar-refractivity contribution >= 4 is 22.9 Å². The van der Waals surface area contributed by atoms with E-state index in [0.29, 0.717) is 12.0 Å². The van der Waals surface area contributed by atoms with Crippen LogP contribution in [0.3, 0.4) is 0 Å². The molecule has 1 fully saturated rings. The molecule has 0 unspecified atom stereocenters. The number of nitrogens with one attached hydrogen (secondary N) is 2. The number of piperidine rings is 1. The number of benzene rings is 2. The maximum atomic E-state index is 11.2. The standard InChI is InChI=1S/C21H25N3O.C4F6O2/c1-2-4-15(5-3-1)12-23-17-10-16-14-25-9-8-24-20-6-7-22-13-19(20)18(11-17)21(16)24;5-3(6,7)1(11)2(12)4(8,9)10/h1-5,10-11,19-20,22-23H,6-9,12-14H2;/t19-,20-;/m0./s1. The molecule has 2 N–H and O–H groups in total. The van der Waals surface area contributed by atoms with Crippen molar-refractivity contribution in [2.75, 3.05) is 36.5 Å². The Balaban J connectivity index is 0.000000229. The second-order valence-corrected chi connectivity index (χ2v) is 8.98. The van der Waals surface area contributed by atoms with Gasteiger partial charge in [0.05, 0.1) is 13.2 Å². The van der Waals surface area contributed by atoms with Crippen LogP contribution in [-0.4, -0.2) is 56.2 Å². The van der Waals surface area contributed by atoms with Crippen molar-refractivity contribution in [3.05, 3.63) is 59.2 Å². The lowest BCUT2D eigenvalue weighted by molar-refractivity contribution is -0.193. The van der Waals surface area contributed by atoms with Crippen molar-refractivity contribution in [1.29, 1.82) is 0 Å². The van der Waals surface area contributed by atoms with Gasteiger partial charge in [-0.25, -0.2) is 0 Å². The molecular weight excluding hydrogens is 504 g/mol. The Kier molecular flexibility index (Phi) is 7.79. The van der Waals surface area contributed by atoms with Gasteiger partial charge in [0.15, 0.2) is 0 Å². The molecule has 0 saturated carbocycles. The van der Waals surface area contributed by atoms with Gasteiger partial charge in [-0.3, -0.25) is 9.59 Å². The van der Waals surface area contributed by atoms with Crippen LogP contribution in [0.4, 0.5) is 37.7 Å². The molecule has 37 heavy (non-hydrogen) atoms. The lowest BCUT2D eigenvalue weighted by atomic mass is 9.89. The second kappa shape index (κ2) is 10.7. The number of halogens is 6. The fourth-order valence-electron chi connectivity index (χ4n) is 4.94. The molecule has 3 aliphatic heterocycles. The van der Waals surface area contributed by atoms with Crippen LogP contribution in [0, 0.1) is 0 Å². The minimum atomic E-state index is -5.77. The van der Waals surface area contributed by atoms with Gasteiger partial charge in [0.1, 0.15) is 0 Å². The predicted molar refractivity (Wildman–Crippen MR) is 123 cm³/mol. The summed E-state index contributed by atoms with van der Waals surface area (Å²) in [5, 5.41) is 7.22. The molecule has 2 aromatic carbocycles. The number of fused-ring (bicyclic) bond motifs is 3. The van der Waals surface area contributed by atoms with Crippen molar-refractivity contribution < 1.29 is 40.7 Å². The van der Waals surface area contributed by atoms with Crippen LogP contribution >= 0.6 is 0 Å². The minimum absolute atomic E-state index is 0.610. The molecule has 0 aliphatic carbocycles. The number of alkyl halides is 6. The van der Waals surface area contributed by atoms with Crippen molar-refractivity contribution in [2.45, 2.75) is 43.9 Å². The average molecular weight is 529 g/mol. The summed E-state index contributed by atoms with van der Waals surface area (Å²) in [7, 11) is 0. The largest absolute Gasteiger partial charge is 0.458 e. The first kappa shape index (κ1) is 26.9. The number of ketones is 2. The van der Waals surface area contributed by atoms with E-state index in [0.717, 1.165) is 39.4 Å². The number of nitrogens with zero attached hydrogens (tertiary/aromatic N) is 1. The fourth-order valence-corrected chi connectivity index (χ4v) is 4.94. The monoisotopic (exact) mass is 529 g/mol. The highest BCUT2D eigenvalue weighted by Crippen LogP contribution is 2.47. The van der Waals surface area contributed by atoms with E-state index < -0.39 is 23.9 Å². The van der Waals surface area contributed by atoms with Crippen LogP contribution in [0.25, 0.3) is 0 Å². The minimum Gasteiger partial charge on any atom is -0.381 e. The first-order chi connectivity index (χ1) is 17.5. The van der Waals surface area contributed by atoms with E-state index in [-0.39, 0.29) is 0 Å². The Morgan fingerprint density at radius 3 is 2.35 bits per heavy atom. The SMILES string of the molecule is O=C(C(=O)C(F)(F)F)C(F)(F)F.c1ccc(CNc2cc3c4c(c2)[C@@H]2CNCC[C@@H]2N4CCOC3)cc1. The normalized spacial score (nSPS) is 20.6. The molecule has 0 amide bonds. The lowest BCUT2D eigenvalue weighted by Crippen LogP contribution is -2.44. The molecule has 5 rings (SSSR count). The van der Waals surface area contributed by atoms with Gasteiger partial charge in [0.2, 0.25) is 0 Å².